The summed E-state index contributed by atoms with van der Waals surface area (Å²) in [6.07, 6.45) is 2.12. The van der Waals surface area contributed by atoms with Gasteiger partial charge in [0, 0.05) is 19.3 Å². The summed E-state index contributed by atoms with van der Waals surface area (Å²) in [4.78, 5) is 10.4. The zero-order valence-electron chi connectivity index (χ0n) is 9.52. The third-order valence-corrected chi connectivity index (χ3v) is 5.40. The van der Waals surface area contributed by atoms with Crippen molar-refractivity contribution >= 4 is 23.9 Å². The van der Waals surface area contributed by atoms with Crippen molar-refractivity contribution < 1.29 is 18.6 Å². The Balaban J connectivity index is 3.55. The van der Waals surface area contributed by atoms with Gasteiger partial charge in [0.1, 0.15) is 6.61 Å². The van der Waals surface area contributed by atoms with Crippen LogP contribution in [-0.2, 0) is 18.6 Å². The first-order valence-electron chi connectivity index (χ1n) is 4.98. The highest BCUT2D eigenvalue weighted by Gasteiger charge is 2.15. The first-order valence-corrected chi connectivity index (χ1v) is 8.64. The lowest BCUT2D eigenvalue weighted by Crippen LogP contribution is -2.06. The fraction of sp³-hybridized carbons (Fsp3) is 0.889. The molecule has 0 aromatic carbocycles. The van der Waals surface area contributed by atoms with E-state index in [1.807, 2.05) is 0 Å². The topological polar surface area (TPSA) is 52.6 Å². The average Bonchev–Trinajstić information content (AvgIpc) is 2.13. The van der Waals surface area contributed by atoms with Crippen molar-refractivity contribution in [1.82, 2.24) is 0 Å². The van der Waals surface area contributed by atoms with Crippen LogP contribution in [0.25, 0.3) is 0 Å². The van der Waals surface area contributed by atoms with Gasteiger partial charge in [-0.15, -0.1) is 0 Å². The van der Waals surface area contributed by atoms with Gasteiger partial charge in [-0.05, 0) is 6.42 Å². The van der Waals surface area contributed by atoms with Gasteiger partial charge in [-0.3, -0.25) is 9.36 Å². The number of hydrogen-bond acceptors (Lipinski definition) is 5. The predicted octanol–water partition coefficient (Wildman–Crippen LogP) is 2.92. The minimum Gasteiger partial charge on any atom is -0.463 e. The number of rotatable bonds is 8. The van der Waals surface area contributed by atoms with Crippen LogP contribution in [0.4, 0.5) is 0 Å². The molecule has 0 heterocycles. The summed E-state index contributed by atoms with van der Waals surface area (Å²) in [5.74, 6) is 0.501. The monoisotopic (exact) mass is 254 g/mol. The summed E-state index contributed by atoms with van der Waals surface area (Å²) in [7, 11) is 0. The number of ether oxygens (including phenoxy) is 1. The maximum absolute atomic E-state index is 11.7. The summed E-state index contributed by atoms with van der Waals surface area (Å²) in [6, 6.07) is 0. The molecule has 0 fully saturated rings. The second kappa shape index (κ2) is 8.20. The predicted molar refractivity (Wildman–Crippen MR) is 63.5 cm³/mol. The summed E-state index contributed by atoms with van der Waals surface area (Å²) < 4.78 is 21.6. The van der Waals surface area contributed by atoms with Gasteiger partial charge in [0.15, 0.2) is 0 Å². The first-order chi connectivity index (χ1) is 6.98. The van der Waals surface area contributed by atoms with E-state index in [0.29, 0.717) is 0 Å². The number of esters is 1. The number of hydrogen-bond donors (Lipinski definition) is 0. The van der Waals surface area contributed by atoms with E-state index in [0.717, 1.165) is 18.6 Å². The van der Waals surface area contributed by atoms with Crippen molar-refractivity contribution in [3.8, 4) is 0 Å². The molecule has 0 N–H and O–H groups in total. The van der Waals surface area contributed by atoms with E-state index in [4.69, 9.17) is 4.52 Å². The third kappa shape index (κ3) is 10.3. The van der Waals surface area contributed by atoms with Gasteiger partial charge in [0.25, 0.3) is 6.57 Å². The van der Waals surface area contributed by atoms with Crippen molar-refractivity contribution in [3.63, 3.8) is 0 Å². The molecular weight excluding hydrogens is 235 g/mol. The molecule has 0 amide bonds. The van der Waals surface area contributed by atoms with Crippen LogP contribution in [0.15, 0.2) is 0 Å². The number of unbranched alkanes of at least 4 members (excludes halogenated alkanes) is 1. The molecule has 90 valence electrons. The van der Waals surface area contributed by atoms with E-state index in [1.165, 1.54) is 18.3 Å². The molecule has 0 aliphatic heterocycles. The number of carbonyl (C=O) groups is 1. The minimum absolute atomic E-state index is 0.168. The summed E-state index contributed by atoms with van der Waals surface area (Å²) >= 11 is 1.35. The molecule has 0 bridgehead atoms. The van der Waals surface area contributed by atoms with E-state index in [9.17, 15) is 9.36 Å². The minimum atomic E-state index is -2.56. The zero-order valence-corrected chi connectivity index (χ0v) is 11.2. The molecule has 0 aliphatic carbocycles. The van der Waals surface area contributed by atoms with Gasteiger partial charge in [0.2, 0.25) is 0 Å². The molecule has 15 heavy (non-hydrogen) atoms. The standard InChI is InChI=1S/C9H19O4PS/c1-4-5-8-15-14(3,11)13-7-6-12-9(2)10/h4-8H2,1-3H3. The van der Waals surface area contributed by atoms with Gasteiger partial charge < -0.3 is 9.26 Å². The van der Waals surface area contributed by atoms with Gasteiger partial charge in [-0.2, -0.15) is 0 Å². The van der Waals surface area contributed by atoms with Crippen LogP contribution in [0.1, 0.15) is 26.7 Å². The normalized spacial score (nSPS) is 14.6. The van der Waals surface area contributed by atoms with E-state index in [1.54, 1.807) is 6.66 Å². The van der Waals surface area contributed by atoms with Crippen LogP contribution in [0.2, 0.25) is 0 Å². The first kappa shape index (κ1) is 15.0. The van der Waals surface area contributed by atoms with Crippen LogP contribution >= 0.6 is 18.0 Å². The average molecular weight is 254 g/mol. The molecule has 0 aromatic rings. The zero-order chi connectivity index (χ0) is 11.7. The maximum atomic E-state index is 11.7. The van der Waals surface area contributed by atoms with Gasteiger partial charge in [0.05, 0.1) is 6.61 Å². The lowest BCUT2D eigenvalue weighted by Gasteiger charge is -2.12. The van der Waals surface area contributed by atoms with E-state index >= 15 is 0 Å². The van der Waals surface area contributed by atoms with Crippen LogP contribution < -0.4 is 0 Å². The second-order valence-electron chi connectivity index (χ2n) is 3.13. The van der Waals surface area contributed by atoms with Crippen molar-refractivity contribution in [3.05, 3.63) is 0 Å². The smallest absolute Gasteiger partial charge is 0.302 e. The van der Waals surface area contributed by atoms with Gasteiger partial charge in [-0.1, -0.05) is 24.7 Å². The largest absolute Gasteiger partial charge is 0.463 e. The molecule has 0 aromatic heterocycles. The fourth-order valence-electron chi connectivity index (χ4n) is 0.800. The van der Waals surface area contributed by atoms with Gasteiger partial charge >= 0.3 is 5.97 Å². The SMILES string of the molecule is CCCCSP(C)(=O)OCCOC(C)=O. The highest BCUT2D eigenvalue weighted by atomic mass is 32.7. The summed E-state index contributed by atoms with van der Waals surface area (Å²) in [5.41, 5.74) is 0. The highest BCUT2D eigenvalue weighted by Crippen LogP contribution is 2.56. The Morgan fingerprint density at radius 2 is 2.07 bits per heavy atom. The molecule has 0 saturated heterocycles. The lowest BCUT2D eigenvalue weighted by molar-refractivity contribution is -0.141. The van der Waals surface area contributed by atoms with Crippen LogP contribution in [0.3, 0.4) is 0 Å². The molecule has 4 nitrogen and oxygen atoms in total. The molecule has 0 rings (SSSR count). The highest BCUT2D eigenvalue weighted by molar-refractivity contribution is 8.56. The second-order valence-corrected chi connectivity index (χ2v) is 8.36. The maximum Gasteiger partial charge on any atom is 0.302 e. The van der Waals surface area contributed by atoms with Gasteiger partial charge in [-0.25, -0.2) is 0 Å². The summed E-state index contributed by atoms with van der Waals surface area (Å²) in [5, 5.41) is 0. The Morgan fingerprint density at radius 3 is 2.60 bits per heavy atom. The molecule has 1 atom stereocenters. The molecule has 0 aliphatic rings. The number of carbonyl (C=O) groups excluding carboxylic acids is 1. The quantitative estimate of drug-likeness (QED) is 0.378. The molecular formula is C9H19O4PS. The van der Waals surface area contributed by atoms with Crippen LogP contribution in [-0.4, -0.2) is 31.6 Å². The van der Waals surface area contributed by atoms with Crippen molar-refractivity contribution in [2.24, 2.45) is 0 Å². The Hall–Kier alpha value is 0.0100. The summed E-state index contributed by atoms with van der Waals surface area (Å²) in [6.45, 7) is 2.83. The van der Waals surface area contributed by atoms with Crippen molar-refractivity contribution in [2.45, 2.75) is 26.7 Å². The van der Waals surface area contributed by atoms with E-state index < -0.39 is 6.57 Å². The van der Waals surface area contributed by atoms with E-state index in [2.05, 4.69) is 11.7 Å². The Morgan fingerprint density at radius 1 is 1.40 bits per heavy atom. The Bertz CT molecular complexity index is 232. The molecule has 1 unspecified atom stereocenters. The van der Waals surface area contributed by atoms with Crippen LogP contribution in [0, 0.1) is 0 Å². The lowest BCUT2D eigenvalue weighted by atomic mass is 10.4. The Kier molecular flexibility index (Phi) is 8.20. The van der Waals surface area contributed by atoms with Crippen molar-refractivity contribution in [2.75, 3.05) is 25.6 Å². The molecule has 0 radical (unpaired) electrons. The Labute approximate surface area is 95.3 Å². The third-order valence-electron chi connectivity index (χ3n) is 1.54. The van der Waals surface area contributed by atoms with Crippen LogP contribution in [0.5, 0.6) is 0 Å². The molecule has 0 spiro atoms. The molecule has 6 heteroatoms. The van der Waals surface area contributed by atoms with Crippen molar-refractivity contribution in [1.29, 1.82) is 0 Å². The van der Waals surface area contributed by atoms with E-state index in [-0.39, 0.29) is 19.2 Å². The molecule has 0 saturated carbocycles. The fourth-order valence-corrected chi connectivity index (χ4v) is 3.86.